The summed E-state index contributed by atoms with van der Waals surface area (Å²) in [7, 11) is 0. The van der Waals surface area contributed by atoms with Gasteiger partial charge < -0.3 is 10.4 Å². The molecule has 1 unspecified atom stereocenters. The van der Waals surface area contributed by atoms with Crippen molar-refractivity contribution < 1.29 is 31.9 Å². The zero-order valence-electron chi connectivity index (χ0n) is 17.2. The molecule has 10 heteroatoms. The summed E-state index contributed by atoms with van der Waals surface area (Å²) in [6.07, 6.45) is -6.02. The number of hydrogen-bond acceptors (Lipinski definition) is 3. The average molecular weight is 453 g/mol. The minimum absolute atomic E-state index is 0.144. The normalized spacial score (nSPS) is 12.6. The number of nitrogens with one attached hydrogen (secondary N) is 1. The third kappa shape index (κ3) is 5.13. The number of alkyl halides is 3. The van der Waals surface area contributed by atoms with Gasteiger partial charge in [-0.3, -0.25) is 4.79 Å². The zero-order valence-corrected chi connectivity index (χ0v) is 17.2. The van der Waals surface area contributed by atoms with Crippen LogP contribution in [-0.4, -0.2) is 27.3 Å². The fourth-order valence-electron chi connectivity index (χ4n) is 3.31. The molecule has 0 radical (unpaired) electrons. The number of aryl methyl sites for hydroxylation is 1. The molecule has 170 valence electrons. The van der Waals surface area contributed by atoms with Crippen molar-refractivity contribution in [2.75, 3.05) is 6.54 Å². The van der Waals surface area contributed by atoms with Crippen LogP contribution in [0.25, 0.3) is 5.69 Å². The molecule has 3 aromatic rings. The lowest BCUT2D eigenvalue weighted by atomic mass is 10.1. The van der Waals surface area contributed by atoms with Crippen LogP contribution in [0.3, 0.4) is 0 Å². The second kappa shape index (κ2) is 9.07. The zero-order chi connectivity index (χ0) is 23.6. The van der Waals surface area contributed by atoms with Crippen LogP contribution in [-0.2, 0) is 17.4 Å². The number of aromatic nitrogens is 2. The monoisotopic (exact) mass is 453 g/mol. The molecule has 0 aliphatic carbocycles. The predicted octanol–water partition coefficient (Wildman–Crippen LogP) is 4.18. The van der Waals surface area contributed by atoms with Crippen LogP contribution < -0.4 is 5.32 Å². The van der Waals surface area contributed by atoms with Crippen LogP contribution in [0.15, 0.2) is 42.5 Å². The van der Waals surface area contributed by atoms with Crippen LogP contribution >= 0.6 is 0 Å². The molecule has 1 atom stereocenters. The lowest BCUT2D eigenvalue weighted by Crippen LogP contribution is -2.30. The lowest BCUT2D eigenvalue weighted by Gasteiger charge is -2.13. The van der Waals surface area contributed by atoms with Gasteiger partial charge in [0.2, 0.25) is 5.91 Å². The minimum atomic E-state index is -4.50. The Balaban J connectivity index is 1.72. The van der Waals surface area contributed by atoms with Crippen molar-refractivity contribution in [2.45, 2.75) is 32.5 Å². The van der Waals surface area contributed by atoms with E-state index in [1.54, 1.807) is 13.8 Å². The number of rotatable bonds is 6. The average Bonchev–Trinajstić information content (AvgIpc) is 3.00. The van der Waals surface area contributed by atoms with Crippen molar-refractivity contribution in [1.29, 1.82) is 0 Å². The predicted molar refractivity (Wildman–Crippen MR) is 106 cm³/mol. The van der Waals surface area contributed by atoms with Crippen LogP contribution in [0.4, 0.5) is 22.0 Å². The molecule has 3 rings (SSSR count). The molecule has 0 spiro atoms. The minimum Gasteiger partial charge on any atom is -0.386 e. The van der Waals surface area contributed by atoms with E-state index in [-0.39, 0.29) is 24.2 Å². The van der Waals surface area contributed by atoms with E-state index < -0.39 is 35.4 Å². The van der Waals surface area contributed by atoms with Gasteiger partial charge in [0.15, 0.2) is 0 Å². The SMILES string of the molecule is Cc1nn(-c2cccc(C(F)(F)F)c2)c(C)c1CC(=O)NCC(O)c1ccc(F)cc1F. The van der Waals surface area contributed by atoms with Crippen LogP contribution in [0.1, 0.15) is 34.2 Å². The molecule has 0 saturated heterocycles. The van der Waals surface area contributed by atoms with Gasteiger partial charge in [0.25, 0.3) is 0 Å². The van der Waals surface area contributed by atoms with Crippen molar-refractivity contribution in [2.24, 2.45) is 0 Å². The molecule has 1 amide bonds. The summed E-state index contributed by atoms with van der Waals surface area (Å²) < 4.78 is 67.1. The van der Waals surface area contributed by atoms with E-state index in [4.69, 9.17) is 0 Å². The maximum atomic E-state index is 13.7. The molecule has 0 saturated carbocycles. The first-order valence-electron chi connectivity index (χ1n) is 9.60. The number of nitrogens with zero attached hydrogens (tertiary/aromatic N) is 2. The lowest BCUT2D eigenvalue weighted by molar-refractivity contribution is -0.137. The standard InChI is InChI=1S/C22H20F5N3O2/c1-12-18(10-21(32)28-11-20(31)17-7-6-15(23)9-19(17)24)13(2)30(29-12)16-5-3-4-14(8-16)22(25,26)27/h3-9,20,31H,10-11H2,1-2H3,(H,28,32). The number of amides is 1. The molecule has 5 nitrogen and oxygen atoms in total. The third-order valence-electron chi connectivity index (χ3n) is 5.01. The Morgan fingerprint density at radius 1 is 1.16 bits per heavy atom. The molecule has 0 aliphatic heterocycles. The van der Waals surface area contributed by atoms with Gasteiger partial charge in [0.05, 0.1) is 29.5 Å². The van der Waals surface area contributed by atoms with Crippen molar-refractivity contribution in [3.8, 4) is 5.69 Å². The molecule has 0 fully saturated rings. The highest BCUT2D eigenvalue weighted by Gasteiger charge is 2.31. The van der Waals surface area contributed by atoms with Gasteiger partial charge in [-0.2, -0.15) is 18.3 Å². The first-order chi connectivity index (χ1) is 15.0. The summed E-state index contributed by atoms with van der Waals surface area (Å²) in [6, 6.07) is 7.40. The molecular formula is C22H20F5N3O2. The summed E-state index contributed by atoms with van der Waals surface area (Å²) in [5.41, 5.74) is 0.694. The highest BCUT2D eigenvalue weighted by atomic mass is 19.4. The van der Waals surface area contributed by atoms with E-state index in [0.717, 1.165) is 24.3 Å². The Morgan fingerprint density at radius 2 is 1.88 bits per heavy atom. The number of carbonyl (C=O) groups excluding carboxylic acids is 1. The second-order valence-corrected chi connectivity index (χ2v) is 7.27. The van der Waals surface area contributed by atoms with Crippen LogP contribution in [0.5, 0.6) is 0 Å². The van der Waals surface area contributed by atoms with E-state index in [9.17, 15) is 31.9 Å². The van der Waals surface area contributed by atoms with Gasteiger partial charge in [-0.1, -0.05) is 12.1 Å². The summed E-state index contributed by atoms with van der Waals surface area (Å²) in [5.74, 6) is -2.21. The molecule has 2 aromatic carbocycles. The maximum absolute atomic E-state index is 13.7. The number of benzene rings is 2. The fraction of sp³-hybridized carbons (Fsp3) is 0.273. The number of aliphatic hydroxyl groups is 1. The maximum Gasteiger partial charge on any atom is 0.416 e. The van der Waals surface area contributed by atoms with Crippen LogP contribution in [0, 0.1) is 25.5 Å². The highest BCUT2D eigenvalue weighted by molar-refractivity contribution is 5.79. The Hall–Kier alpha value is -3.27. The van der Waals surface area contributed by atoms with E-state index in [1.165, 1.54) is 16.8 Å². The van der Waals surface area contributed by atoms with Crippen LogP contribution in [0.2, 0.25) is 0 Å². The first kappa shape index (κ1) is 23.4. The molecule has 32 heavy (non-hydrogen) atoms. The van der Waals surface area contributed by atoms with Crippen molar-refractivity contribution in [3.05, 3.63) is 82.2 Å². The Morgan fingerprint density at radius 3 is 2.53 bits per heavy atom. The van der Waals surface area contributed by atoms with Gasteiger partial charge in [0.1, 0.15) is 11.6 Å². The summed E-state index contributed by atoms with van der Waals surface area (Å²) in [5, 5.41) is 16.8. The Bertz CT molecular complexity index is 1140. The van der Waals surface area contributed by atoms with Gasteiger partial charge in [-0.25, -0.2) is 13.5 Å². The molecule has 0 bridgehead atoms. The third-order valence-corrected chi connectivity index (χ3v) is 5.01. The molecule has 0 aliphatic rings. The first-order valence-corrected chi connectivity index (χ1v) is 9.60. The molecule has 2 N–H and O–H groups in total. The van der Waals surface area contributed by atoms with Gasteiger partial charge >= 0.3 is 6.18 Å². The van der Waals surface area contributed by atoms with Crippen molar-refractivity contribution >= 4 is 5.91 Å². The smallest absolute Gasteiger partial charge is 0.386 e. The number of hydrogen-bond donors (Lipinski definition) is 2. The summed E-state index contributed by atoms with van der Waals surface area (Å²) >= 11 is 0. The summed E-state index contributed by atoms with van der Waals surface area (Å²) in [4.78, 5) is 12.4. The quantitative estimate of drug-likeness (QED) is 0.551. The van der Waals surface area contributed by atoms with Gasteiger partial charge in [0, 0.05) is 29.4 Å². The number of aliphatic hydroxyl groups excluding tert-OH is 1. The van der Waals surface area contributed by atoms with Crippen molar-refractivity contribution in [1.82, 2.24) is 15.1 Å². The Labute approximate surface area is 180 Å². The number of halogens is 5. The summed E-state index contributed by atoms with van der Waals surface area (Å²) in [6.45, 7) is 2.95. The topological polar surface area (TPSA) is 67.2 Å². The molecule has 1 aromatic heterocycles. The molecule has 1 heterocycles. The van der Waals surface area contributed by atoms with E-state index in [1.807, 2.05) is 0 Å². The highest BCUT2D eigenvalue weighted by Crippen LogP contribution is 2.31. The van der Waals surface area contributed by atoms with Gasteiger partial charge in [-0.05, 0) is 38.1 Å². The van der Waals surface area contributed by atoms with Gasteiger partial charge in [-0.15, -0.1) is 0 Å². The fourth-order valence-corrected chi connectivity index (χ4v) is 3.31. The van der Waals surface area contributed by atoms with E-state index in [2.05, 4.69) is 10.4 Å². The van der Waals surface area contributed by atoms with E-state index in [0.29, 0.717) is 23.0 Å². The van der Waals surface area contributed by atoms with E-state index >= 15 is 0 Å². The number of carbonyl (C=O) groups is 1. The molecular weight excluding hydrogens is 433 g/mol. The largest absolute Gasteiger partial charge is 0.416 e. The van der Waals surface area contributed by atoms with Crippen molar-refractivity contribution in [3.63, 3.8) is 0 Å². The second-order valence-electron chi connectivity index (χ2n) is 7.27. The Kier molecular flexibility index (Phi) is 6.63.